The van der Waals surface area contributed by atoms with E-state index in [1.54, 1.807) is 7.11 Å². The number of methoxy groups -OCH3 is 1. The van der Waals surface area contributed by atoms with Gasteiger partial charge in [-0.1, -0.05) is 0 Å². The lowest BCUT2D eigenvalue weighted by atomic mass is 10.2. The topological polar surface area (TPSA) is 68.2 Å². The molecule has 2 atom stereocenters. The number of amides is 1. The van der Waals surface area contributed by atoms with Gasteiger partial charge in [0.25, 0.3) is 0 Å². The third-order valence-corrected chi connectivity index (χ3v) is 3.80. The maximum Gasteiger partial charge on any atom is 0.241 e. The summed E-state index contributed by atoms with van der Waals surface area (Å²) in [6.45, 7) is 8.77. The van der Waals surface area contributed by atoms with E-state index in [4.69, 9.17) is 4.74 Å². The summed E-state index contributed by atoms with van der Waals surface area (Å²) < 4.78 is 7.20. The molecule has 0 aliphatic carbocycles. The number of aryl methyl sites for hydroxylation is 1. The van der Waals surface area contributed by atoms with Crippen molar-refractivity contribution < 1.29 is 9.53 Å². The summed E-state index contributed by atoms with van der Waals surface area (Å²) in [7, 11) is 1.67. The van der Waals surface area contributed by atoms with Gasteiger partial charge < -0.3 is 15.4 Å². The van der Waals surface area contributed by atoms with Gasteiger partial charge in [0, 0.05) is 19.7 Å². The first kappa shape index (κ1) is 15.0. The third kappa shape index (κ3) is 2.86. The number of anilines is 1. The summed E-state index contributed by atoms with van der Waals surface area (Å²) in [6, 6.07) is 0.0861. The summed E-state index contributed by atoms with van der Waals surface area (Å²) in [5.41, 5.74) is 2.67. The van der Waals surface area contributed by atoms with Crippen LogP contribution >= 0.6 is 0 Å². The van der Waals surface area contributed by atoms with Gasteiger partial charge in [0.2, 0.25) is 5.91 Å². The molecule has 0 saturated carbocycles. The fourth-order valence-corrected chi connectivity index (χ4v) is 2.64. The van der Waals surface area contributed by atoms with Crippen LogP contribution in [0, 0.1) is 13.8 Å². The van der Waals surface area contributed by atoms with Crippen LogP contribution in [-0.4, -0.2) is 41.5 Å². The van der Waals surface area contributed by atoms with Crippen molar-refractivity contribution in [1.82, 2.24) is 15.1 Å². The lowest BCUT2D eigenvalue weighted by molar-refractivity contribution is -0.118. The second kappa shape index (κ2) is 5.93. The quantitative estimate of drug-likeness (QED) is 0.874. The van der Waals surface area contributed by atoms with Crippen molar-refractivity contribution in [2.24, 2.45) is 0 Å². The zero-order chi connectivity index (χ0) is 14.9. The van der Waals surface area contributed by atoms with E-state index in [-0.39, 0.29) is 24.1 Å². The largest absolute Gasteiger partial charge is 0.380 e. The van der Waals surface area contributed by atoms with Gasteiger partial charge in [-0.15, -0.1) is 0 Å². The highest BCUT2D eigenvalue weighted by Crippen LogP contribution is 2.23. The molecule has 112 valence electrons. The number of carbonyl (C=O) groups is 1. The highest BCUT2D eigenvalue weighted by Gasteiger charge is 2.30. The highest BCUT2D eigenvalue weighted by atomic mass is 16.5. The van der Waals surface area contributed by atoms with Gasteiger partial charge in [-0.25, -0.2) is 0 Å². The van der Waals surface area contributed by atoms with Crippen molar-refractivity contribution in [2.75, 3.05) is 19.0 Å². The standard InChI is InChI=1S/C14H24N4O2/c1-8(2)18-10(4)13(9(3)17-18)16-14(19)12-6-11(20-5)7-15-12/h8,11-12,15H,6-7H2,1-5H3,(H,16,19). The van der Waals surface area contributed by atoms with E-state index >= 15 is 0 Å². The molecule has 6 nitrogen and oxygen atoms in total. The Morgan fingerprint density at radius 2 is 2.20 bits per heavy atom. The first-order chi connectivity index (χ1) is 9.43. The number of aromatic nitrogens is 2. The summed E-state index contributed by atoms with van der Waals surface area (Å²) >= 11 is 0. The van der Waals surface area contributed by atoms with Crippen molar-refractivity contribution in [3.8, 4) is 0 Å². The maximum absolute atomic E-state index is 12.3. The first-order valence-corrected chi connectivity index (χ1v) is 7.06. The van der Waals surface area contributed by atoms with E-state index < -0.39 is 0 Å². The SMILES string of the molecule is COC1CNC(C(=O)Nc2c(C)nn(C(C)C)c2C)C1. The van der Waals surface area contributed by atoms with Gasteiger partial charge in [-0.05, 0) is 34.1 Å². The predicted octanol–water partition coefficient (Wildman–Crippen LogP) is 1.40. The van der Waals surface area contributed by atoms with Gasteiger partial charge in [0.15, 0.2) is 0 Å². The molecule has 1 fully saturated rings. The van der Waals surface area contributed by atoms with Crippen molar-refractivity contribution in [3.05, 3.63) is 11.4 Å². The Kier molecular flexibility index (Phi) is 4.45. The van der Waals surface area contributed by atoms with Crippen LogP contribution in [0.25, 0.3) is 0 Å². The lowest BCUT2D eigenvalue weighted by Gasteiger charge is -2.12. The van der Waals surface area contributed by atoms with Crippen LogP contribution in [0.3, 0.4) is 0 Å². The molecule has 0 bridgehead atoms. The third-order valence-electron chi connectivity index (χ3n) is 3.80. The lowest BCUT2D eigenvalue weighted by Crippen LogP contribution is -2.35. The van der Waals surface area contributed by atoms with Crippen molar-refractivity contribution >= 4 is 11.6 Å². The zero-order valence-corrected chi connectivity index (χ0v) is 12.9. The number of nitrogens with zero attached hydrogens (tertiary/aromatic N) is 2. The van der Waals surface area contributed by atoms with E-state index in [2.05, 4.69) is 29.6 Å². The molecule has 1 amide bonds. The number of hydrogen-bond donors (Lipinski definition) is 2. The number of hydrogen-bond acceptors (Lipinski definition) is 4. The Morgan fingerprint density at radius 3 is 2.70 bits per heavy atom. The maximum atomic E-state index is 12.3. The average Bonchev–Trinajstić information content (AvgIpc) is 2.98. The minimum atomic E-state index is -0.193. The summed E-state index contributed by atoms with van der Waals surface area (Å²) in [6.07, 6.45) is 0.824. The van der Waals surface area contributed by atoms with Crippen LogP contribution in [-0.2, 0) is 9.53 Å². The molecule has 1 aliphatic heterocycles. The number of carbonyl (C=O) groups excluding carboxylic acids is 1. The molecule has 1 aromatic rings. The average molecular weight is 280 g/mol. The molecule has 0 aromatic carbocycles. The Bertz CT molecular complexity index is 496. The van der Waals surface area contributed by atoms with Crippen LogP contribution in [0.2, 0.25) is 0 Å². The molecule has 20 heavy (non-hydrogen) atoms. The van der Waals surface area contributed by atoms with Gasteiger partial charge in [-0.2, -0.15) is 5.10 Å². The van der Waals surface area contributed by atoms with E-state index in [1.807, 2.05) is 18.5 Å². The van der Waals surface area contributed by atoms with E-state index in [0.717, 1.165) is 23.6 Å². The number of nitrogens with one attached hydrogen (secondary N) is 2. The highest BCUT2D eigenvalue weighted by molar-refractivity contribution is 5.96. The molecule has 1 aliphatic rings. The predicted molar refractivity (Wildman–Crippen MR) is 77.9 cm³/mol. The first-order valence-electron chi connectivity index (χ1n) is 7.06. The smallest absolute Gasteiger partial charge is 0.241 e. The van der Waals surface area contributed by atoms with Crippen molar-refractivity contribution in [3.63, 3.8) is 0 Å². The van der Waals surface area contributed by atoms with E-state index in [9.17, 15) is 4.79 Å². The minimum absolute atomic E-state index is 0.0148. The fourth-order valence-electron chi connectivity index (χ4n) is 2.64. The normalized spacial score (nSPS) is 22.5. The van der Waals surface area contributed by atoms with Gasteiger partial charge in [-0.3, -0.25) is 9.48 Å². The van der Waals surface area contributed by atoms with Crippen LogP contribution in [0.15, 0.2) is 0 Å². The van der Waals surface area contributed by atoms with Gasteiger partial charge in [0.05, 0.1) is 29.2 Å². The summed E-state index contributed by atoms with van der Waals surface area (Å²) in [5, 5.41) is 10.7. The molecular weight excluding hydrogens is 256 g/mol. The molecule has 2 rings (SSSR count). The second-order valence-electron chi connectivity index (χ2n) is 5.63. The van der Waals surface area contributed by atoms with E-state index in [0.29, 0.717) is 6.42 Å². The Labute approximate surface area is 119 Å². The summed E-state index contributed by atoms with van der Waals surface area (Å²) in [4.78, 5) is 12.3. The molecule has 0 radical (unpaired) electrons. The van der Waals surface area contributed by atoms with Gasteiger partial charge >= 0.3 is 0 Å². The molecule has 6 heteroatoms. The van der Waals surface area contributed by atoms with Crippen LogP contribution in [0.4, 0.5) is 5.69 Å². The second-order valence-corrected chi connectivity index (χ2v) is 5.63. The number of rotatable bonds is 4. The minimum Gasteiger partial charge on any atom is -0.380 e. The van der Waals surface area contributed by atoms with Crippen molar-refractivity contribution in [1.29, 1.82) is 0 Å². The van der Waals surface area contributed by atoms with Crippen LogP contribution < -0.4 is 10.6 Å². The molecule has 2 unspecified atom stereocenters. The van der Waals surface area contributed by atoms with Crippen LogP contribution in [0.5, 0.6) is 0 Å². The zero-order valence-electron chi connectivity index (χ0n) is 12.9. The van der Waals surface area contributed by atoms with Crippen molar-refractivity contribution in [2.45, 2.75) is 52.3 Å². The van der Waals surface area contributed by atoms with Crippen LogP contribution in [0.1, 0.15) is 37.7 Å². The Hall–Kier alpha value is -1.40. The fraction of sp³-hybridized carbons (Fsp3) is 0.714. The Balaban J connectivity index is 2.09. The summed E-state index contributed by atoms with van der Waals surface area (Å²) in [5.74, 6) is -0.0148. The van der Waals surface area contributed by atoms with E-state index in [1.165, 1.54) is 0 Å². The molecule has 1 saturated heterocycles. The molecular formula is C14H24N4O2. The molecule has 1 aromatic heterocycles. The Morgan fingerprint density at radius 1 is 1.50 bits per heavy atom. The monoisotopic (exact) mass is 280 g/mol. The number of ether oxygens (including phenoxy) is 1. The molecule has 2 N–H and O–H groups in total. The van der Waals surface area contributed by atoms with Gasteiger partial charge in [0.1, 0.15) is 0 Å². The molecule has 2 heterocycles. The molecule has 0 spiro atoms.